The van der Waals surface area contributed by atoms with Crippen molar-refractivity contribution < 1.29 is 30.9 Å². The van der Waals surface area contributed by atoms with Crippen molar-refractivity contribution in [1.82, 2.24) is 10.1 Å². The molecule has 2 aromatic rings. The summed E-state index contributed by atoms with van der Waals surface area (Å²) in [6, 6.07) is 1.64. The highest BCUT2D eigenvalue weighted by Crippen LogP contribution is 2.33. The van der Waals surface area contributed by atoms with Gasteiger partial charge < -0.3 is 15.2 Å². The van der Waals surface area contributed by atoms with Crippen LogP contribution < -0.4 is 10.6 Å². The third kappa shape index (κ3) is 8.94. The molecule has 2 heterocycles. The molecule has 1 saturated carbocycles. The molecule has 2 N–H and O–H groups in total. The number of amides is 2. The zero-order chi connectivity index (χ0) is 34.8. The number of hydrogen-bond donors (Lipinski definition) is 2. The molecule has 45 heavy (non-hydrogen) atoms. The number of hydrogen-bond acceptors (Lipinski definition) is 10. The number of carbonyl (C=O) groups excluding carboxylic acids is 2. The fraction of sp³-hybridized carbons (Fsp3) is 0.742. The number of anilines is 2. The summed E-state index contributed by atoms with van der Waals surface area (Å²) in [5.74, 6) is -0.240. The summed E-state index contributed by atoms with van der Waals surface area (Å²) >= 11 is 1.30. The van der Waals surface area contributed by atoms with E-state index in [1.54, 1.807) is 19.9 Å². The van der Waals surface area contributed by atoms with Crippen molar-refractivity contribution in [3.05, 3.63) is 22.9 Å². The molecule has 14 heteroatoms. The van der Waals surface area contributed by atoms with Crippen LogP contribution in [0, 0.1) is 0 Å². The lowest BCUT2D eigenvalue weighted by atomic mass is 9.93. The number of aromatic nitrogens is 2. The number of thiazole rings is 1. The first-order valence-corrected chi connectivity index (χ1v) is 19.3. The minimum atomic E-state index is -3.57. The van der Waals surface area contributed by atoms with Crippen molar-refractivity contribution in [3.63, 3.8) is 0 Å². The predicted octanol–water partition coefficient (Wildman–Crippen LogP) is 6.42. The van der Waals surface area contributed by atoms with Gasteiger partial charge in [0.2, 0.25) is 11.8 Å². The summed E-state index contributed by atoms with van der Waals surface area (Å²) < 4.78 is 52.6. The van der Waals surface area contributed by atoms with E-state index in [4.69, 9.17) is 4.52 Å². The SMILES string of the molecule is CC(C)(C)c1cc(NC(=O)C(C)(C)S(=O)(=O)C2CCCCC2)no1.CC(C)S(=O)(=O)C(C)(C)C(=O)Nc1nc(C(C)(C)C)cs1. The van der Waals surface area contributed by atoms with E-state index in [-0.39, 0.29) is 16.6 Å². The Bertz CT molecular complexity index is 1550. The van der Waals surface area contributed by atoms with Crippen molar-refractivity contribution in [1.29, 1.82) is 0 Å². The van der Waals surface area contributed by atoms with Crippen molar-refractivity contribution in [2.24, 2.45) is 0 Å². The Hall–Kier alpha value is -2.32. The molecular weight excluding hydrogens is 637 g/mol. The maximum absolute atomic E-state index is 12.9. The van der Waals surface area contributed by atoms with E-state index >= 15 is 0 Å². The molecule has 0 aromatic carbocycles. The lowest BCUT2D eigenvalue weighted by Crippen LogP contribution is -2.49. The zero-order valence-corrected chi connectivity index (χ0v) is 31.3. The molecule has 1 aliphatic rings. The molecule has 2 amide bonds. The Morgan fingerprint density at radius 3 is 1.82 bits per heavy atom. The van der Waals surface area contributed by atoms with E-state index in [1.807, 2.05) is 46.9 Å². The van der Waals surface area contributed by atoms with Crippen molar-refractivity contribution in [3.8, 4) is 0 Å². The number of nitrogens with one attached hydrogen (secondary N) is 2. The molecule has 1 fully saturated rings. The van der Waals surface area contributed by atoms with Crippen LogP contribution in [0.25, 0.3) is 0 Å². The summed E-state index contributed by atoms with van der Waals surface area (Å²) in [4.78, 5) is 29.3. The number of nitrogens with zero attached hydrogens (tertiary/aromatic N) is 2. The maximum Gasteiger partial charge on any atom is 0.247 e. The Morgan fingerprint density at radius 1 is 0.844 bits per heavy atom. The van der Waals surface area contributed by atoms with Crippen LogP contribution in [0.2, 0.25) is 0 Å². The van der Waals surface area contributed by atoms with Crippen LogP contribution in [-0.4, -0.2) is 58.8 Å². The molecule has 1 aliphatic carbocycles. The van der Waals surface area contributed by atoms with Crippen LogP contribution in [0.4, 0.5) is 10.9 Å². The van der Waals surface area contributed by atoms with Crippen molar-refractivity contribution >= 4 is 53.8 Å². The Balaban J connectivity index is 0.000000317. The summed E-state index contributed by atoms with van der Waals surface area (Å²) in [5, 5.41) is 10.3. The van der Waals surface area contributed by atoms with Crippen LogP contribution in [0.15, 0.2) is 16.0 Å². The third-order valence-corrected chi connectivity index (χ3v) is 14.7. The second kappa shape index (κ2) is 13.8. The smallest absolute Gasteiger partial charge is 0.247 e. The van der Waals surface area contributed by atoms with E-state index in [0.717, 1.165) is 25.0 Å². The van der Waals surface area contributed by atoms with Gasteiger partial charge in [0.15, 0.2) is 30.6 Å². The predicted molar refractivity (Wildman–Crippen MR) is 181 cm³/mol. The van der Waals surface area contributed by atoms with E-state index in [2.05, 4.69) is 20.8 Å². The Labute approximate surface area is 273 Å². The molecule has 0 unspecified atom stereocenters. The van der Waals surface area contributed by atoms with Gasteiger partial charge in [-0.1, -0.05) is 66.0 Å². The average molecular weight is 689 g/mol. The average Bonchev–Trinajstić information content (AvgIpc) is 3.59. The zero-order valence-electron chi connectivity index (χ0n) is 28.8. The van der Waals surface area contributed by atoms with E-state index in [9.17, 15) is 26.4 Å². The number of sulfone groups is 2. The normalized spacial score (nSPS) is 15.8. The van der Waals surface area contributed by atoms with Gasteiger partial charge in [0.1, 0.15) is 15.3 Å². The third-order valence-electron chi connectivity index (χ3n) is 8.11. The summed E-state index contributed by atoms with van der Waals surface area (Å²) in [7, 11) is -7.13. The molecule has 3 rings (SSSR count). The lowest BCUT2D eigenvalue weighted by Gasteiger charge is -2.30. The first-order valence-electron chi connectivity index (χ1n) is 15.3. The molecule has 0 spiro atoms. The standard InChI is InChI=1S/C17H28N2O4S.C14H24N2O3S2/c1-16(2,3)13-11-14(19-23-13)18-15(20)17(4,5)24(21,22)12-9-7-6-8-10-12;1-9(2)21(18,19)14(6,7)11(17)16-12-15-10(8-20-12)13(3,4)5/h11-12H,6-10H2,1-5H3,(H,18,19,20);8-9H,1-7H3,(H,15,16,17). The molecule has 256 valence electrons. The van der Waals surface area contributed by atoms with Crippen LogP contribution in [-0.2, 0) is 40.1 Å². The molecule has 11 nitrogen and oxygen atoms in total. The molecule has 0 radical (unpaired) electrons. The first-order chi connectivity index (χ1) is 20.3. The molecule has 0 aliphatic heterocycles. The Kier molecular flexibility index (Phi) is 11.9. The van der Waals surface area contributed by atoms with E-state index in [1.165, 1.54) is 39.0 Å². The van der Waals surface area contributed by atoms with Gasteiger partial charge in [-0.3, -0.25) is 9.59 Å². The highest BCUT2D eigenvalue weighted by atomic mass is 32.2. The van der Waals surface area contributed by atoms with Gasteiger partial charge in [0.25, 0.3) is 0 Å². The van der Waals surface area contributed by atoms with E-state index < -0.39 is 51.5 Å². The van der Waals surface area contributed by atoms with Gasteiger partial charge in [-0.15, -0.1) is 11.3 Å². The largest absolute Gasteiger partial charge is 0.359 e. The fourth-order valence-corrected chi connectivity index (χ4v) is 9.03. The number of carbonyl (C=O) groups is 2. The molecular formula is C31H52N4O7S3. The van der Waals surface area contributed by atoms with E-state index in [0.29, 0.717) is 23.7 Å². The lowest BCUT2D eigenvalue weighted by molar-refractivity contribution is -0.118. The summed E-state index contributed by atoms with van der Waals surface area (Å²) in [6.45, 7) is 20.9. The second-order valence-electron chi connectivity index (χ2n) is 14.9. The van der Waals surface area contributed by atoms with Gasteiger partial charge in [-0.05, 0) is 54.4 Å². The van der Waals surface area contributed by atoms with Gasteiger partial charge in [0.05, 0.1) is 16.2 Å². The quantitative estimate of drug-likeness (QED) is 0.318. The fourth-order valence-electron chi connectivity index (χ4n) is 4.52. The molecule has 0 bridgehead atoms. The van der Waals surface area contributed by atoms with Crippen LogP contribution in [0.5, 0.6) is 0 Å². The van der Waals surface area contributed by atoms with Gasteiger partial charge in [-0.2, -0.15) is 0 Å². The van der Waals surface area contributed by atoms with Crippen LogP contribution in [0.1, 0.15) is 127 Å². The summed E-state index contributed by atoms with van der Waals surface area (Å²) in [5.41, 5.74) is 0.519. The molecule has 0 saturated heterocycles. The minimum absolute atomic E-state index is 0.112. The Morgan fingerprint density at radius 2 is 1.38 bits per heavy atom. The molecule has 2 aromatic heterocycles. The van der Waals surface area contributed by atoms with Gasteiger partial charge >= 0.3 is 0 Å². The van der Waals surface area contributed by atoms with Crippen molar-refractivity contribution in [2.45, 2.75) is 146 Å². The first kappa shape index (κ1) is 38.9. The van der Waals surface area contributed by atoms with Gasteiger partial charge in [-0.25, -0.2) is 21.8 Å². The maximum atomic E-state index is 12.9. The highest BCUT2D eigenvalue weighted by molar-refractivity contribution is 7.94. The second-order valence-corrected chi connectivity index (χ2v) is 21.6. The van der Waals surface area contributed by atoms with Gasteiger partial charge in [0, 0.05) is 22.3 Å². The topological polar surface area (TPSA) is 165 Å². The van der Waals surface area contributed by atoms with Crippen LogP contribution in [0.3, 0.4) is 0 Å². The molecule has 0 atom stereocenters. The number of rotatable bonds is 8. The summed E-state index contributed by atoms with van der Waals surface area (Å²) in [6.07, 6.45) is 4.14. The van der Waals surface area contributed by atoms with Crippen molar-refractivity contribution in [2.75, 3.05) is 10.6 Å². The monoisotopic (exact) mass is 688 g/mol. The highest BCUT2D eigenvalue weighted by Gasteiger charge is 2.47. The van der Waals surface area contributed by atoms with Crippen LogP contribution >= 0.6 is 11.3 Å². The minimum Gasteiger partial charge on any atom is -0.359 e.